The van der Waals surface area contributed by atoms with E-state index in [9.17, 15) is 0 Å². The van der Waals surface area contributed by atoms with Crippen molar-refractivity contribution < 1.29 is 0 Å². The maximum atomic E-state index is 4.77. The number of aliphatic imine (C=N–C) groups is 1. The van der Waals surface area contributed by atoms with E-state index in [1.807, 2.05) is 6.92 Å². The molecule has 0 bridgehead atoms. The molecule has 1 aromatic carbocycles. The fraction of sp³-hybridized carbons (Fsp3) is 0.464. The van der Waals surface area contributed by atoms with Gasteiger partial charge in [0.25, 0.3) is 0 Å². The van der Waals surface area contributed by atoms with Crippen molar-refractivity contribution in [2.24, 2.45) is 4.99 Å². The van der Waals surface area contributed by atoms with E-state index >= 15 is 0 Å². The van der Waals surface area contributed by atoms with Crippen molar-refractivity contribution in [1.82, 2.24) is 15.5 Å². The first-order valence-corrected chi connectivity index (χ1v) is 12.0. The zero-order valence-corrected chi connectivity index (χ0v) is 20.4. The van der Waals surface area contributed by atoms with Crippen LogP contribution < -0.4 is 10.6 Å². The van der Waals surface area contributed by atoms with Crippen LogP contribution in [0, 0.1) is 0 Å². The molecule has 0 saturated carbocycles. The monoisotopic (exact) mass is 434 g/mol. The number of allylic oxidation sites excluding steroid dienone is 1. The normalized spacial score (nSPS) is 14.0. The zero-order valence-electron chi connectivity index (χ0n) is 20.4. The number of hydrogen-bond acceptors (Lipinski definition) is 4. The van der Waals surface area contributed by atoms with Gasteiger partial charge in [-0.15, -0.1) is 0 Å². The van der Waals surface area contributed by atoms with E-state index in [0.717, 1.165) is 68.2 Å². The molecule has 0 unspecified atom stereocenters. The molecule has 2 N–H and O–H groups in total. The molecule has 0 radical (unpaired) electrons. The molecule has 32 heavy (non-hydrogen) atoms. The summed E-state index contributed by atoms with van der Waals surface area (Å²) in [4.78, 5) is 7.29. The van der Waals surface area contributed by atoms with Crippen molar-refractivity contribution in [3.63, 3.8) is 0 Å². The number of rotatable bonds is 16. The first kappa shape index (κ1) is 25.7. The van der Waals surface area contributed by atoms with E-state index < -0.39 is 0 Å². The summed E-state index contributed by atoms with van der Waals surface area (Å²) in [5.74, 6) is 0. The van der Waals surface area contributed by atoms with Gasteiger partial charge in [-0.05, 0) is 62.9 Å². The number of benzene rings is 1. The van der Waals surface area contributed by atoms with Gasteiger partial charge in [-0.25, -0.2) is 0 Å². The van der Waals surface area contributed by atoms with Crippen LogP contribution in [0.15, 0.2) is 83.7 Å². The van der Waals surface area contributed by atoms with Crippen LogP contribution >= 0.6 is 0 Å². The third-order valence-corrected chi connectivity index (χ3v) is 5.56. The summed E-state index contributed by atoms with van der Waals surface area (Å²) >= 11 is 0. The number of hydrogen-bond donors (Lipinski definition) is 2. The Morgan fingerprint density at radius 1 is 1.09 bits per heavy atom. The first-order chi connectivity index (χ1) is 15.4. The molecule has 0 aromatic heterocycles. The van der Waals surface area contributed by atoms with Gasteiger partial charge < -0.3 is 10.6 Å². The number of nitrogens with zero attached hydrogens (tertiary/aromatic N) is 2. The van der Waals surface area contributed by atoms with E-state index in [1.54, 1.807) is 0 Å². The van der Waals surface area contributed by atoms with Crippen LogP contribution in [0.1, 0.15) is 45.6 Å². The molecule has 1 aliphatic heterocycles. The molecular weight excluding hydrogens is 392 g/mol. The zero-order chi connectivity index (χ0) is 23.3. The molecule has 0 fully saturated rings. The second kappa shape index (κ2) is 13.7. The van der Waals surface area contributed by atoms with Gasteiger partial charge in [0.1, 0.15) is 0 Å². The van der Waals surface area contributed by atoms with Crippen LogP contribution in [-0.2, 0) is 6.42 Å². The lowest BCUT2D eigenvalue weighted by atomic mass is 10.0. The molecule has 1 heterocycles. The van der Waals surface area contributed by atoms with Crippen LogP contribution in [0.2, 0.25) is 0 Å². The topological polar surface area (TPSA) is 39.7 Å². The molecule has 1 aliphatic rings. The molecule has 2 rings (SSSR count). The van der Waals surface area contributed by atoms with Crippen molar-refractivity contribution in [3.05, 3.63) is 84.2 Å². The lowest BCUT2D eigenvalue weighted by molar-refractivity contribution is 0.297. The molecular formula is C28H42N4. The van der Waals surface area contributed by atoms with Crippen LogP contribution in [0.4, 0.5) is 0 Å². The lowest BCUT2D eigenvalue weighted by Gasteiger charge is -2.24. The smallest absolute Gasteiger partial charge is 0.0804 e. The molecule has 174 valence electrons. The van der Waals surface area contributed by atoms with Crippen molar-refractivity contribution in [3.8, 4) is 0 Å². The van der Waals surface area contributed by atoms with Crippen molar-refractivity contribution in [2.45, 2.75) is 52.5 Å². The Hall–Kier alpha value is -2.59. The Labute approximate surface area is 195 Å². The summed E-state index contributed by atoms with van der Waals surface area (Å²) in [6.45, 7) is 23.8. The largest absolute Gasteiger partial charge is 0.383 e. The van der Waals surface area contributed by atoms with Crippen LogP contribution in [0.3, 0.4) is 0 Å². The van der Waals surface area contributed by atoms with Gasteiger partial charge in [-0.3, -0.25) is 9.89 Å². The molecule has 1 atom stereocenters. The first-order valence-electron chi connectivity index (χ1n) is 12.0. The highest BCUT2D eigenvalue weighted by Gasteiger charge is 2.18. The van der Waals surface area contributed by atoms with Crippen molar-refractivity contribution >= 4 is 5.71 Å². The average Bonchev–Trinajstić information content (AvgIpc) is 3.24. The van der Waals surface area contributed by atoms with Crippen molar-refractivity contribution in [1.29, 1.82) is 0 Å². The summed E-state index contributed by atoms with van der Waals surface area (Å²) in [6, 6.07) is 10.6. The Kier molecular flexibility index (Phi) is 11.0. The van der Waals surface area contributed by atoms with Gasteiger partial charge in [-0.1, -0.05) is 69.5 Å². The number of nitrogens with one attached hydrogen (secondary N) is 2. The fourth-order valence-corrected chi connectivity index (χ4v) is 3.90. The molecule has 0 spiro atoms. The second-order valence-electron chi connectivity index (χ2n) is 8.82. The SMILES string of the molecule is C=C(C)CNC(=C)[C@H](CCc1ccccc1)NC(=C)C1=NCC(CN(CCC)CCC)=C1. The maximum Gasteiger partial charge on any atom is 0.0804 e. The molecule has 4 nitrogen and oxygen atoms in total. The van der Waals surface area contributed by atoms with Gasteiger partial charge >= 0.3 is 0 Å². The van der Waals surface area contributed by atoms with E-state index in [2.05, 4.69) is 85.5 Å². The van der Waals surface area contributed by atoms with E-state index in [-0.39, 0.29) is 6.04 Å². The molecule has 4 heteroatoms. The minimum absolute atomic E-state index is 0.0684. The maximum absolute atomic E-state index is 4.77. The van der Waals surface area contributed by atoms with Crippen LogP contribution in [0.25, 0.3) is 0 Å². The minimum Gasteiger partial charge on any atom is -0.383 e. The van der Waals surface area contributed by atoms with Crippen LogP contribution in [0.5, 0.6) is 0 Å². The summed E-state index contributed by atoms with van der Waals surface area (Å²) in [5.41, 5.74) is 6.57. The van der Waals surface area contributed by atoms with Gasteiger partial charge in [0.15, 0.2) is 0 Å². The van der Waals surface area contributed by atoms with Gasteiger partial charge in [0, 0.05) is 18.8 Å². The van der Waals surface area contributed by atoms with E-state index in [0.29, 0.717) is 0 Å². The van der Waals surface area contributed by atoms with Gasteiger partial charge in [-0.2, -0.15) is 0 Å². The molecule has 0 amide bonds. The quantitative estimate of drug-likeness (QED) is 0.348. The molecule has 0 saturated heterocycles. The highest BCUT2D eigenvalue weighted by atomic mass is 15.1. The lowest BCUT2D eigenvalue weighted by Crippen LogP contribution is -2.38. The highest BCUT2D eigenvalue weighted by Crippen LogP contribution is 2.15. The third kappa shape index (κ3) is 8.88. The van der Waals surface area contributed by atoms with Crippen molar-refractivity contribution in [2.75, 3.05) is 32.7 Å². The van der Waals surface area contributed by atoms with Gasteiger partial charge in [0.2, 0.25) is 0 Å². The Bertz CT molecular complexity index is 813. The summed E-state index contributed by atoms with van der Waals surface area (Å²) < 4.78 is 0. The average molecular weight is 435 g/mol. The second-order valence-corrected chi connectivity index (χ2v) is 8.82. The van der Waals surface area contributed by atoms with E-state index in [4.69, 9.17) is 4.99 Å². The molecule has 0 aliphatic carbocycles. The summed E-state index contributed by atoms with van der Waals surface area (Å²) in [7, 11) is 0. The summed E-state index contributed by atoms with van der Waals surface area (Å²) in [5, 5.41) is 7.02. The van der Waals surface area contributed by atoms with Gasteiger partial charge in [0.05, 0.1) is 24.0 Å². The Morgan fingerprint density at radius 3 is 2.41 bits per heavy atom. The standard InChI is InChI=1S/C28H42N4/c1-7-16-32(17-8-2)21-26-18-28(30-20-26)24(6)31-27(23(5)29-19-22(3)4)15-14-25-12-10-9-11-13-25/h9-13,18,27,29,31H,3,5-8,14-17,19-21H2,1-2,4H3/t27-/m0/s1. The Balaban J connectivity index is 2.00. The van der Waals surface area contributed by atoms with E-state index in [1.165, 1.54) is 24.0 Å². The fourth-order valence-electron chi connectivity index (χ4n) is 3.90. The minimum atomic E-state index is 0.0684. The predicted molar refractivity (Wildman–Crippen MR) is 140 cm³/mol. The Morgan fingerprint density at radius 2 is 1.78 bits per heavy atom. The predicted octanol–water partition coefficient (Wildman–Crippen LogP) is 5.27. The van der Waals surface area contributed by atoms with Crippen LogP contribution in [-0.4, -0.2) is 49.4 Å². The number of aryl methyl sites for hydroxylation is 1. The highest BCUT2D eigenvalue weighted by molar-refractivity contribution is 6.09. The third-order valence-electron chi connectivity index (χ3n) is 5.56. The molecule has 1 aromatic rings. The summed E-state index contributed by atoms with van der Waals surface area (Å²) in [6.07, 6.45) is 6.47.